The summed E-state index contributed by atoms with van der Waals surface area (Å²) in [5.74, 6) is 1.32. The first kappa shape index (κ1) is 19.3. The molecule has 148 valence electrons. The van der Waals surface area contributed by atoms with Gasteiger partial charge in [-0.05, 0) is 56.6 Å². The van der Waals surface area contributed by atoms with E-state index in [4.69, 9.17) is 9.84 Å². The molecule has 5 heteroatoms. The highest BCUT2D eigenvalue weighted by Gasteiger charge is 2.42. The highest BCUT2D eigenvalue weighted by atomic mass is 32.2. The Kier molecular flexibility index (Phi) is 5.93. The number of benzene rings is 2. The van der Waals surface area contributed by atoms with E-state index in [9.17, 15) is 4.79 Å². The average Bonchev–Trinajstić information content (AvgIpc) is 3.06. The maximum Gasteiger partial charge on any atom is 0.303 e. The summed E-state index contributed by atoms with van der Waals surface area (Å²) in [5.41, 5.74) is 2.84. The zero-order chi connectivity index (χ0) is 19.4. The molecule has 0 aromatic heterocycles. The van der Waals surface area contributed by atoms with Crippen molar-refractivity contribution in [2.45, 2.75) is 41.7 Å². The van der Waals surface area contributed by atoms with Crippen molar-refractivity contribution in [3.63, 3.8) is 0 Å². The minimum atomic E-state index is -0.701. The Balaban J connectivity index is 1.35. The Morgan fingerprint density at radius 3 is 2.68 bits per heavy atom. The van der Waals surface area contributed by atoms with Gasteiger partial charge in [0, 0.05) is 28.0 Å². The third kappa shape index (κ3) is 4.36. The molecule has 0 atom stereocenters. The van der Waals surface area contributed by atoms with Crippen LogP contribution in [0.25, 0.3) is 0 Å². The molecule has 0 radical (unpaired) electrons. The van der Waals surface area contributed by atoms with Gasteiger partial charge < -0.3 is 14.7 Å². The van der Waals surface area contributed by atoms with E-state index >= 15 is 0 Å². The molecule has 2 aliphatic rings. The molecule has 4 rings (SSSR count). The summed E-state index contributed by atoms with van der Waals surface area (Å²) in [6.45, 7) is 3.70. The van der Waals surface area contributed by atoms with E-state index < -0.39 is 5.97 Å². The molecule has 0 unspecified atom stereocenters. The van der Waals surface area contributed by atoms with Crippen LogP contribution in [-0.2, 0) is 16.0 Å². The lowest BCUT2D eigenvalue weighted by molar-refractivity contribution is -0.137. The van der Waals surface area contributed by atoms with Crippen LogP contribution in [0.2, 0.25) is 0 Å². The predicted octanol–water partition coefficient (Wildman–Crippen LogP) is 4.57. The van der Waals surface area contributed by atoms with Crippen LogP contribution in [0.5, 0.6) is 5.75 Å². The molecular weight excluding hydrogens is 370 g/mol. The van der Waals surface area contributed by atoms with E-state index in [2.05, 4.69) is 47.4 Å². The van der Waals surface area contributed by atoms with Crippen LogP contribution in [0.1, 0.15) is 36.8 Å². The van der Waals surface area contributed by atoms with Gasteiger partial charge in [0.25, 0.3) is 0 Å². The Bertz CT molecular complexity index is 816. The number of ether oxygens (including phenoxy) is 1. The van der Waals surface area contributed by atoms with Gasteiger partial charge in [0.1, 0.15) is 5.75 Å². The first-order valence-electron chi connectivity index (χ1n) is 10.0. The number of aliphatic carboxylic acids is 1. The molecule has 2 aliphatic heterocycles. The number of piperidine rings is 1. The summed E-state index contributed by atoms with van der Waals surface area (Å²) >= 11 is 1.85. The fourth-order valence-electron chi connectivity index (χ4n) is 4.26. The van der Waals surface area contributed by atoms with Crippen LogP contribution >= 0.6 is 11.8 Å². The summed E-state index contributed by atoms with van der Waals surface area (Å²) in [5, 5.41) is 8.81. The maximum absolute atomic E-state index is 10.7. The minimum absolute atomic E-state index is 0.140. The number of carboxylic acids is 1. The van der Waals surface area contributed by atoms with Crippen molar-refractivity contribution in [2.24, 2.45) is 0 Å². The number of likely N-dealkylation sites (tertiary alicyclic amines) is 1. The number of thioether (sulfide) groups is 1. The van der Waals surface area contributed by atoms with Crippen LogP contribution in [0, 0.1) is 0 Å². The average molecular weight is 398 g/mol. The van der Waals surface area contributed by atoms with Gasteiger partial charge >= 0.3 is 5.97 Å². The molecule has 0 saturated carbocycles. The van der Waals surface area contributed by atoms with E-state index in [0.29, 0.717) is 0 Å². The van der Waals surface area contributed by atoms with Gasteiger partial charge in [-0.1, -0.05) is 36.4 Å². The Morgan fingerprint density at radius 1 is 1.14 bits per heavy atom. The molecule has 0 aliphatic carbocycles. The molecule has 2 heterocycles. The smallest absolute Gasteiger partial charge is 0.303 e. The fourth-order valence-corrected chi connectivity index (χ4v) is 5.14. The van der Waals surface area contributed by atoms with Crippen molar-refractivity contribution in [3.8, 4) is 5.75 Å². The van der Waals surface area contributed by atoms with E-state index in [0.717, 1.165) is 57.0 Å². The van der Waals surface area contributed by atoms with Gasteiger partial charge in [0.2, 0.25) is 0 Å². The summed E-state index contributed by atoms with van der Waals surface area (Å²) < 4.78 is 6.12. The van der Waals surface area contributed by atoms with Crippen molar-refractivity contribution >= 4 is 17.7 Å². The highest BCUT2D eigenvalue weighted by Crippen LogP contribution is 2.46. The number of carboxylic acid groups (broad SMARTS) is 1. The summed E-state index contributed by atoms with van der Waals surface area (Å²) in [7, 11) is 0. The molecule has 1 N–H and O–H groups in total. The number of nitrogens with zero attached hydrogens (tertiary/aromatic N) is 1. The number of fused-ring (bicyclic) bond motifs is 2. The molecule has 0 bridgehead atoms. The van der Waals surface area contributed by atoms with Crippen LogP contribution in [0.15, 0.2) is 53.4 Å². The van der Waals surface area contributed by atoms with Gasteiger partial charge in [-0.2, -0.15) is 0 Å². The molecule has 1 spiro atoms. The second-order valence-electron chi connectivity index (χ2n) is 7.84. The van der Waals surface area contributed by atoms with Gasteiger partial charge in [-0.3, -0.25) is 4.79 Å². The molecular formula is C23H27NO3S. The Hall–Kier alpha value is -1.98. The van der Waals surface area contributed by atoms with Crippen molar-refractivity contribution in [2.75, 3.05) is 26.2 Å². The topological polar surface area (TPSA) is 49.8 Å². The lowest BCUT2D eigenvalue weighted by Gasteiger charge is -2.38. The monoisotopic (exact) mass is 397 g/mol. The molecule has 0 amide bonds. The number of rotatable bonds is 7. The second kappa shape index (κ2) is 8.58. The molecule has 2 aromatic carbocycles. The van der Waals surface area contributed by atoms with E-state index in [-0.39, 0.29) is 11.8 Å². The number of carbonyl (C=O) groups is 1. The largest absolute Gasteiger partial charge is 0.492 e. The first-order valence-corrected chi connectivity index (χ1v) is 11.0. The normalized spacial score (nSPS) is 18.0. The van der Waals surface area contributed by atoms with Crippen LogP contribution < -0.4 is 4.74 Å². The van der Waals surface area contributed by atoms with Crippen molar-refractivity contribution in [1.82, 2.24) is 4.90 Å². The summed E-state index contributed by atoms with van der Waals surface area (Å²) in [4.78, 5) is 14.4. The second-order valence-corrected chi connectivity index (χ2v) is 8.89. The van der Waals surface area contributed by atoms with E-state index in [1.807, 2.05) is 17.8 Å². The third-order valence-electron chi connectivity index (χ3n) is 5.95. The Morgan fingerprint density at radius 2 is 1.93 bits per heavy atom. The van der Waals surface area contributed by atoms with E-state index in [1.54, 1.807) is 0 Å². The van der Waals surface area contributed by atoms with Gasteiger partial charge in [-0.15, -0.1) is 11.8 Å². The van der Waals surface area contributed by atoms with Crippen LogP contribution in [0.4, 0.5) is 0 Å². The predicted molar refractivity (Wildman–Crippen MR) is 112 cm³/mol. The molecule has 1 saturated heterocycles. The quantitative estimate of drug-likeness (QED) is 0.694. The van der Waals surface area contributed by atoms with Crippen molar-refractivity contribution in [3.05, 3.63) is 59.7 Å². The SMILES string of the molecule is O=C(O)CCCN1CCC2(CC1)COc1cc(SCc3ccccc3)ccc12. The van der Waals surface area contributed by atoms with Gasteiger partial charge in [0.05, 0.1) is 6.61 Å². The molecule has 1 fully saturated rings. The minimum Gasteiger partial charge on any atom is -0.492 e. The molecule has 4 nitrogen and oxygen atoms in total. The lowest BCUT2D eigenvalue weighted by Crippen LogP contribution is -2.43. The zero-order valence-electron chi connectivity index (χ0n) is 16.1. The summed E-state index contributed by atoms with van der Waals surface area (Å²) in [6, 6.07) is 17.3. The zero-order valence-corrected chi connectivity index (χ0v) is 16.9. The standard InChI is InChI=1S/C23H27NO3S/c25-22(26)7-4-12-24-13-10-23(11-14-24)17-27-21-15-19(8-9-20(21)23)28-16-18-5-2-1-3-6-18/h1-3,5-6,8-9,15H,4,7,10-14,16-17H2,(H,25,26). The fraction of sp³-hybridized carbons (Fsp3) is 0.435. The molecule has 2 aromatic rings. The first-order chi connectivity index (χ1) is 13.6. The van der Waals surface area contributed by atoms with Crippen molar-refractivity contribution in [1.29, 1.82) is 0 Å². The van der Waals surface area contributed by atoms with Crippen molar-refractivity contribution < 1.29 is 14.6 Å². The Labute approximate surface area is 170 Å². The summed E-state index contributed by atoms with van der Waals surface area (Å²) in [6.07, 6.45) is 3.17. The highest BCUT2D eigenvalue weighted by molar-refractivity contribution is 7.98. The third-order valence-corrected chi connectivity index (χ3v) is 7.02. The lowest BCUT2D eigenvalue weighted by atomic mass is 9.74. The number of hydrogen-bond donors (Lipinski definition) is 1. The van der Waals surface area contributed by atoms with Crippen LogP contribution in [0.3, 0.4) is 0 Å². The maximum atomic E-state index is 10.7. The molecule has 28 heavy (non-hydrogen) atoms. The van der Waals surface area contributed by atoms with Gasteiger partial charge in [-0.25, -0.2) is 0 Å². The van der Waals surface area contributed by atoms with Crippen LogP contribution in [-0.4, -0.2) is 42.2 Å². The number of hydrogen-bond acceptors (Lipinski definition) is 4. The van der Waals surface area contributed by atoms with Gasteiger partial charge in [0.15, 0.2) is 0 Å². The van der Waals surface area contributed by atoms with E-state index in [1.165, 1.54) is 16.0 Å².